The molecule has 1 aromatic rings. The summed E-state index contributed by atoms with van der Waals surface area (Å²) in [4.78, 5) is 4.27. The average Bonchev–Trinajstić information content (AvgIpc) is 2.63. The van der Waals surface area contributed by atoms with Crippen molar-refractivity contribution in [2.75, 3.05) is 7.11 Å². The Hall–Kier alpha value is 1.67. The van der Waals surface area contributed by atoms with Crippen molar-refractivity contribution in [3.8, 4) is 5.75 Å². The molecule has 1 aliphatic rings. The molecule has 0 atom stereocenters. The van der Waals surface area contributed by atoms with Crippen molar-refractivity contribution < 1.29 is 4.74 Å². The largest absolute Gasteiger partial charge is 0.497 e. The van der Waals surface area contributed by atoms with E-state index < -0.39 is 26.5 Å². The van der Waals surface area contributed by atoms with E-state index in [1.54, 1.807) is 37.5 Å². The third-order valence-corrected chi connectivity index (χ3v) is 7.53. The van der Waals surface area contributed by atoms with E-state index in [1.807, 2.05) is 0 Å². The smallest absolute Gasteiger partial charge is 0.232 e. The Kier molecular flexibility index (Phi) is 9.53. The van der Waals surface area contributed by atoms with Gasteiger partial charge in [0.1, 0.15) is 11.6 Å². The number of amidine groups is 1. The summed E-state index contributed by atoms with van der Waals surface area (Å²) in [5.74, 6) is 0.548. The van der Waals surface area contributed by atoms with Gasteiger partial charge in [-0.1, -0.05) is 157 Å². The van der Waals surface area contributed by atoms with E-state index in [9.17, 15) is 0 Å². The molecular formula is C16H11Cl12N3O. The summed E-state index contributed by atoms with van der Waals surface area (Å²) in [5.41, 5.74) is -3.98. The van der Waals surface area contributed by atoms with Gasteiger partial charge in [0.25, 0.3) is 0 Å². The van der Waals surface area contributed by atoms with Gasteiger partial charge >= 0.3 is 0 Å². The van der Waals surface area contributed by atoms with Crippen LogP contribution in [0.15, 0.2) is 35.3 Å². The van der Waals surface area contributed by atoms with Crippen LogP contribution >= 0.6 is 139 Å². The molecule has 0 aromatic heterocycles. The van der Waals surface area contributed by atoms with Crippen LogP contribution in [-0.4, -0.2) is 39.4 Å². The Labute approximate surface area is 244 Å². The molecule has 0 saturated heterocycles. The maximum Gasteiger partial charge on any atom is 0.232 e. The highest BCUT2D eigenvalue weighted by atomic mass is 35.6. The van der Waals surface area contributed by atoms with Crippen LogP contribution in [0.2, 0.25) is 0 Å². The number of hydrogen-bond acceptors (Lipinski definition) is 4. The molecule has 4 nitrogen and oxygen atoms in total. The zero-order valence-electron chi connectivity index (χ0n) is 15.4. The summed E-state index contributed by atoms with van der Waals surface area (Å²) >= 11 is 74.3. The number of rotatable bonds is 3. The Morgan fingerprint density at radius 1 is 0.750 bits per heavy atom. The van der Waals surface area contributed by atoms with Crippen LogP contribution in [0.5, 0.6) is 5.75 Å². The standard InChI is InChI=1S/C16H11Cl12N3O/c1-32-9-5-2-8(3-6-9)4-7-10-29-11(13(17,18)19,14(20,21)22)31-12(30-10,15(23,24)25)16(26,27)28/h2-7,31H,1H3,(H,29,30). The van der Waals surface area contributed by atoms with E-state index >= 15 is 0 Å². The highest BCUT2D eigenvalue weighted by Crippen LogP contribution is 2.59. The Morgan fingerprint density at radius 2 is 1.22 bits per heavy atom. The molecule has 0 bridgehead atoms. The van der Waals surface area contributed by atoms with E-state index in [4.69, 9.17) is 144 Å². The number of ether oxygens (including phenoxy) is 1. The Balaban J connectivity index is 2.74. The molecular weight excluding hydrogens is 676 g/mol. The van der Waals surface area contributed by atoms with E-state index in [0.29, 0.717) is 5.75 Å². The number of halogens is 12. The fraction of sp³-hybridized carbons (Fsp3) is 0.438. The maximum absolute atomic E-state index is 6.20. The van der Waals surface area contributed by atoms with E-state index in [1.165, 1.54) is 6.08 Å². The number of alkyl halides is 12. The third-order valence-electron chi connectivity index (χ3n) is 4.19. The topological polar surface area (TPSA) is 45.6 Å². The highest BCUT2D eigenvalue weighted by Gasteiger charge is 2.73. The van der Waals surface area contributed by atoms with Crippen molar-refractivity contribution in [2.45, 2.75) is 26.5 Å². The second-order valence-corrected chi connectivity index (χ2v) is 15.4. The number of hydrogen-bond donors (Lipinski definition) is 2. The second-order valence-electron chi connectivity index (χ2n) is 6.30. The minimum absolute atomic E-state index is 0.102. The van der Waals surface area contributed by atoms with Crippen LogP contribution in [0, 0.1) is 0 Å². The van der Waals surface area contributed by atoms with Gasteiger partial charge in [0.15, 0.2) is 5.66 Å². The van der Waals surface area contributed by atoms with Gasteiger partial charge in [0.2, 0.25) is 20.8 Å². The molecule has 1 heterocycles. The van der Waals surface area contributed by atoms with Crippen molar-refractivity contribution >= 4 is 151 Å². The Morgan fingerprint density at radius 3 is 1.59 bits per heavy atom. The highest BCUT2D eigenvalue weighted by molar-refractivity contribution is 6.75. The lowest BCUT2D eigenvalue weighted by molar-refractivity contribution is 0.180. The van der Waals surface area contributed by atoms with Crippen molar-refractivity contribution in [3.05, 3.63) is 35.9 Å². The summed E-state index contributed by atoms with van der Waals surface area (Å²) < 4.78 is -4.60. The number of aliphatic imine (C=N–C) groups is 1. The second kappa shape index (κ2) is 10.2. The van der Waals surface area contributed by atoms with Crippen LogP contribution in [0.3, 0.4) is 0 Å². The summed E-state index contributed by atoms with van der Waals surface area (Å²) in [6.45, 7) is 0. The van der Waals surface area contributed by atoms with E-state index in [2.05, 4.69) is 15.6 Å². The molecule has 180 valence electrons. The van der Waals surface area contributed by atoms with Gasteiger partial charge in [0, 0.05) is 0 Å². The first-order valence-corrected chi connectivity index (χ1v) is 12.6. The molecule has 0 aliphatic carbocycles. The molecule has 0 radical (unpaired) electrons. The van der Waals surface area contributed by atoms with Gasteiger partial charge in [-0.05, 0) is 23.8 Å². The summed E-state index contributed by atoms with van der Waals surface area (Å²) in [6.07, 6.45) is 3.03. The minimum Gasteiger partial charge on any atom is -0.497 e. The fourth-order valence-corrected chi connectivity index (χ4v) is 6.25. The quantitative estimate of drug-likeness (QED) is 0.316. The van der Waals surface area contributed by atoms with Crippen molar-refractivity contribution in [2.24, 2.45) is 4.99 Å². The monoisotopic (exact) mass is 681 g/mol. The van der Waals surface area contributed by atoms with Gasteiger partial charge in [-0.25, -0.2) is 4.99 Å². The van der Waals surface area contributed by atoms with Gasteiger partial charge in [-0.2, -0.15) is 0 Å². The van der Waals surface area contributed by atoms with Gasteiger partial charge < -0.3 is 10.1 Å². The number of benzene rings is 1. The maximum atomic E-state index is 6.20. The van der Waals surface area contributed by atoms with Gasteiger partial charge in [-0.15, -0.1) is 0 Å². The SMILES string of the molecule is COc1ccc(C=CC2=NC(C(Cl)(Cl)Cl)(C(Cl)(Cl)Cl)NC(C(Cl)(Cl)Cl)(C(Cl)(Cl)Cl)N2)cc1. The number of methoxy groups -OCH3 is 1. The van der Waals surface area contributed by atoms with Crippen molar-refractivity contribution in [1.82, 2.24) is 10.6 Å². The summed E-state index contributed by atoms with van der Waals surface area (Å²) in [6, 6.07) is 6.98. The normalized spacial score (nSPS) is 19.5. The van der Waals surface area contributed by atoms with Crippen LogP contribution in [0.4, 0.5) is 0 Å². The molecule has 0 spiro atoms. The lowest BCUT2D eigenvalue weighted by Crippen LogP contribution is -2.84. The number of nitrogens with zero attached hydrogens (tertiary/aromatic N) is 1. The van der Waals surface area contributed by atoms with Crippen LogP contribution in [-0.2, 0) is 0 Å². The van der Waals surface area contributed by atoms with Crippen molar-refractivity contribution in [3.63, 3.8) is 0 Å². The van der Waals surface area contributed by atoms with Gasteiger partial charge in [0.05, 0.1) is 7.11 Å². The first kappa shape index (κ1) is 29.9. The lowest BCUT2D eigenvalue weighted by atomic mass is 10.1. The molecule has 0 saturated carbocycles. The molecule has 16 heteroatoms. The zero-order valence-corrected chi connectivity index (χ0v) is 24.4. The molecule has 2 rings (SSSR count). The third kappa shape index (κ3) is 5.96. The molecule has 1 aromatic carbocycles. The molecule has 0 amide bonds. The van der Waals surface area contributed by atoms with Crippen LogP contribution in [0.1, 0.15) is 5.56 Å². The molecule has 0 unspecified atom stereocenters. The predicted molar refractivity (Wildman–Crippen MR) is 142 cm³/mol. The Bertz CT molecular complexity index is 850. The molecule has 0 fully saturated rings. The van der Waals surface area contributed by atoms with E-state index in [-0.39, 0.29) is 5.84 Å². The van der Waals surface area contributed by atoms with Crippen molar-refractivity contribution in [1.29, 1.82) is 0 Å². The minimum atomic E-state index is -2.45. The first-order valence-electron chi connectivity index (χ1n) is 8.06. The summed E-state index contributed by atoms with van der Waals surface area (Å²) in [5, 5.41) is 5.27. The average molecular weight is 687 g/mol. The number of nitrogens with one attached hydrogen (secondary N) is 2. The summed E-state index contributed by atoms with van der Waals surface area (Å²) in [7, 11) is 1.54. The lowest BCUT2D eigenvalue weighted by Gasteiger charge is -2.56. The zero-order chi connectivity index (χ0) is 24.8. The predicted octanol–water partition coefficient (Wildman–Crippen LogP) is 8.17. The molecule has 2 N–H and O–H groups in total. The van der Waals surface area contributed by atoms with Crippen LogP contribution in [0.25, 0.3) is 6.08 Å². The van der Waals surface area contributed by atoms with Crippen LogP contribution < -0.4 is 15.4 Å². The molecule has 1 aliphatic heterocycles. The van der Waals surface area contributed by atoms with Gasteiger partial charge in [-0.3, -0.25) is 5.32 Å². The fourth-order valence-electron chi connectivity index (χ4n) is 2.57. The van der Waals surface area contributed by atoms with E-state index in [0.717, 1.165) is 5.56 Å². The first-order chi connectivity index (χ1) is 14.3. The molecule has 32 heavy (non-hydrogen) atoms.